The van der Waals surface area contributed by atoms with Crippen molar-refractivity contribution in [1.29, 1.82) is 0 Å². The number of hydrogen-bond acceptors (Lipinski definition) is 3. The highest BCUT2D eigenvalue weighted by Gasteiger charge is 2.26. The zero-order valence-corrected chi connectivity index (χ0v) is 14.2. The van der Waals surface area contributed by atoms with Gasteiger partial charge in [-0.25, -0.2) is 5.43 Å². The van der Waals surface area contributed by atoms with E-state index >= 15 is 0 Å². The number of fused-ring (bicyclic) bond motifs is 1. The average Bonchev–Trinajstić information content (AvgIpc) is 3.47. The molecule has 1 saturated carbocycles. The molecule has 3 aromatic rings. The Balaban J connectivity index is 1.62. The minimum absolute atomic E-state index is 0.246. The molecular formula is C20H16ClN3O. The maximum Gasteiger partial charge on any atom is 0.272 e. The summed E-state index contributed by atoms with van der Waals surface area (Å²) < 4.78 is 0. The Labute approximate surface area is 150 Å². The molecule has 4 nitrogen and oxygen atoms in total. The van der Waals surface area contributed by atoms with Crippen molar-refractivity contribution in [3.63, 3.8) is 0 Å². The lowest BCUT2D eigenvalue weighted by Gasteiger charge is -2.08. The van der Waals surface area contributed by atoms with E-state index in [2.05, 4.69) is 15.5 Å². The first kappa shape index (κ1) is 15.8. The third-order valence-electron chi connectivity index (χ3n) is 4.25. The Morgan fingerprint density at radius 3 is 2.72 bits per heavy atom. The normalized spacial score (nSPS) is 14.1. The maximum atomic E-state index is 12.6. The van der Waals surface area contributed by atoms with Crippen LogP contribution < -0.4 is 5.43 Å². The zero-order chi connectivity index (χ0) is 17.2. The van der Waals surface area contributed by atoms with Crippen LogP contribution in [0.4, 0.5) is 0 Å². The molecule has 124 valence electrons. The van der Waals surface area contributed by atoms with Gasteiger partial charge in [-0.3, -0.25) is 9.78 Å². The van der Waals surface area contributed by atoms with Crippen molar-refractivity contribution in [2.45, 2.75) is 18.8 Å². The number of carbonyl (C=O) groups excluding carboxylic acids is 1. The predicted molar refractivity (Wildman–Crippen MR) is 100 cm³/mol. The summed E-state index contributed by atoms with van der Waals surface area (Å²) in [5.74, 6) is 0.228. The molecule has 0 bridgehead atoms. The molecule has 0 radical (unpaired) electrons. The van der Waals surface area contributed by atoms with E-state index in [1.165, 1.54) is 0 Å². The third kappa shape index (κ3) is 3.39. The van der Waals surface area contributed by atoms with E-state index in [0.29, 0.717) is 16.5 Å². The topological polar surface area (TPSA) is 54.4 Å². The van der Waals surface area contributed by atoms with Crippen molar-refractivity contribution in [2.75, 3.05) is 0 Å². The molecule has 1 heterocycles. The lowest BCUT2D eigenvalue weighted by molar-refractivity contribution is 0.0956. The first-order chi connectivity index (χ1) is 12.2. The molecule has 0 unspecified atom stereocenters. The van der Waals surface area contributed by atoms with Crippen LogP contribution in [0.25, 0.3) is 10.9 Å². The van der Waals surface area contributed by atoms with Crippen LogP contribution in [0.1, 0.15) is 40.4 Å². The molecule has 1 fully saturated rings. The van der Waals surface area contributed by atoms with Crippen LogP contribution in [0.15, 0.2) is 59.7 Å². The highest BCUT2D eigenvalue weighted by Crippen LogP contribution is 2.40. The third-order valence-corrected chi connectivity index (χ3v) is 4.60. The highest BCUT2D eigenvalue weighted by atomic mass is 35.5. The molecule has 1 aromatic heterocycles. The number of nitrogens with one attached hydrogen (secondary N) is 1. The van der Waals surface area contributed by atoms with Gasteiger partial charge < -0.3 is 0 Å². The second-order valence-electron chi connectivity index (χ2n) is 6.11. The van der Waals surface area contributed by atoms with E-state index < -0.39 is 0 Å². The SMILES string of the molecule is O=C(N/N=C/c1ccccc1Cl)c1cc(C2CC2)nc2ccccc12. The fourth-order valence-electron chi connectivity index (χ4n) is 2.77. The summed E-state index contributed by atoms with van der Waals surface area (Å²) in [6, 6.07) is 16.9. The minimum atomic E-state index is -0.246. The van der Waals surface area contributed by atoms with Crippen molar-refractivity contribution < 1.29 is 4.79 Å². The number of halogens is 1. The van der Waals surface area contributed by atoms with E-state index in [0.717, 1.165) is 35.0 Å². The summed E-state index contributed by atoms with van der Waals surface area (Å²) in [6.07, 6.45) is 3.82. The number of nitrogens with zero attached hydrogens (tertiary/aromatic N) is 2. The van der Waals surface area contributed by atoms with Crippen molar-refractivity contribution in [3.8, 4) is 0 Å². The lowest BCUT2D eigenvalue weighted by atomic mass is 10.1. The number of para-hydroxylation sites is 1. The molecule has 0 saturated heterocycles. The molecule has 4 rings (SSSR count). The smallest absolute Gasteiger partial charge is 0.267 e. The number of benzene rings is 2. The first-order valence-electron chi connectivity index (χ1n) is 8.20. The summed E-state index contributed by atoms with van der Waals surface area (Å²) in [6.45, 7) is 0. The van der Waals surface area contributed by atoms with Gasteiger partial charge in [0.05, 0.1) is 17.3 Å². The summed E-state index contributed by atoms with van der Waals surface area (Å²) in [5, 5.41) is 5.47. The Bertz CT molecular complexity index is 980. The van der Waals surface area contributed by atoms with E-state index in [1.54, 1.807) is 12.3 Å². The van der Waals surface area contributed by atoms with E-state index in [4.69, 9.17) is 11.6 Å². The first-order valence-corrected chi connectivity index (χ1v) is 8.58. The van der Waals surface area contributed by atoms with Gasteiger partial charge in [-0.2, -0.15) is 5.10 Å². The number of aromatic nitrogens is 1. The highest BCUT2D eigenvalue weighted by molar-refractivity contribution is 6.33. The molecule has 1 aliphatic carbocycles. The van der Waals surface area contributed by atoms with Gasteiger partial charge in [0, 0.05) is 27.6 Å². The molecular weight excluding hydrogens is 334 g/mol. The molecule has 0 aliphatic heterocycles. The fraction of sp³-hybridized carbons (Fsp3) is 0.150. The Hall–Kier alpha value is -2.72. The van der Waals surface area contributed by atoms with Crippen LogP contribution in [0.3, 0.4) is 0 Å². The number of rotatable bonds is 4. The number of amides is 1. The van der Waals surface area contributed by atoms with Gasteiger partial charge in [0.25, 0.3) is 5.91 Å². The summed E-state index contributed by atoms with van der Waals surface area (Å²) in [4.78, 5) is 17.3. The minimum Gasteiger partial charge on any atom is -0.267 e. The van der Waals surface area contributed by atoms with Crippen molar-refractivity contribution >= 4 is 34.6 Å². The largest absolute Gasteiger partial charge is 0.272 e. The van der Waals surface area contributed by atoms with Crippen LogP contribution in [0.5, 0.6) is 0 Å². The van der Waals surface area contributed by atoms with Crippen LogP contribution in [-0.2, 0) is 0 Å². The molecule has 1 amide bonds. The average molecular weight is 350 g/mol. The van der Waals surface area contributed by atoms with Gasteiger partial charge in [0.2, 0.25) is 0 Å². The van der Waals surface area contributed by atoms with Crippen LogP contribution in [0.2, 0.25) is 5.02 Å². The molecule has 1 aliphatic rings. The van der Waals surface area contributed by atoms with E-state index in [-0.39, 0.29) is 5.91 Å². The molecule has 5 heteroatoms. The van der Waals surface area contributed by atoms with Gasteiger partial charge in [0.15, 0.2) is 0 Å². The Morgan fingerprint density at radius 1 is 1.16 bits per heavy atom. The van der Waals surface area contributed by atoms with Gasteiger partial charge in [-0.1, -0.05) is 48.0 Å². The number of pyridine rings is 1. The van der Waals surface area contributed by atoms with Crippen molar-refractivity contribution in [2.24, 2.45) is 5.10 Å². The number of hydrazone groups is 1. The molecule has 1 N–H and O–H groups in total. The van der Waals surface area contributed by atoms with E-state index in [9.17, 15) is 4.79 Å². The fourth-order valence-corrected chi connectivity index (χ4v) is 2.96. The quantitative estimate of drug-likeness (QED) is 0.555. The second kappa shape index (κ2) is 6.65. The van der Waals surface area contributed by atoms with Crippen molar-refractivity contribution in [1.82, 2.24) is 10.4 Å². The standard InChI is InChI=1S/C20H16ClN3O/c21-17-7-3-1-5-14(17)12-22-24-20(25)16-11-19(13-9-10-13)23-18-8-4-2-6-15(16)18/h1-8,11-13H,9-10H2,(H,24,25)/b22-12+. The van der Waals surface area contributed by atoms with Gasteiger partial charge in [-0.05, 0) is 31.0 Å². The molecule has 0 atom stereocenters. The van der Waals surface area contributed by atoms with Gasteiger partial charge in [-0.15, -0.1) is 0 Å². The molecule has 0 spiro atoms. The Morgan fingerprint density at radius 2 is 1.92 bits per heavy atom. The zero-order valence-electron chi connectivity index (χ0n) is 13.4. The van der Waals surface area contributed by atoms with Crippen LogP contribution in [-0.4, -0.2) is 17.1 Å². The van der Waals surface area contributed by atoms with Crippen LogP contribution >= 0.6 is 11.6 Å². The molecule has 2 aromatic carbocycles. The second-order valence-corrected chi connectivity index (χ2v) is 6.51. The summed E-state index contributed by atoms with van der Waals surface area (Å²) in [5.41, 5.74) is 5.78. The summed E-state index contributed by atoms with van der Waals surface area (Å²) >= 11 is 6.09. The van der Waals surface area contributed by atoms with E-state index in [1.807, 2.05) is 48.5 Å². The van der Waals surface area contributed by atoms with Gasteiger partial charge in [0.1, 0.15) is 0 Å². The summed E-state index contributed by atoms with van der Waals surface area (Å²) in [7, 11) is 0. The monoisotopic (exact) mass is 349 g/mol. The number of carbonyl (C=O) groups is 1. The maximum absolute atomic E-state index is 12.6. The number of hydrogen-bond donors (Lipinski definition) is 1. The molecule has 25 heavy (non-hydrogen) atoms. The predicted octanol–water partition coefficient (Wildman–Crippen LogP) is 4.53. The van der Waals surface area contributed by atoms with Gasteiger partial charge >= 0.3 is 0 Å². The Kier molecular flexibility index (Phi) is 4.20. The lowest BCUT2D eigenvalue weighted by Crippen LogP contribution is -2.18. The van der Waals surface area contributed by atoms with Crippen LogP contribution in [0, 0.1) is 0 Å². The van der Waals surface area contributed by atoms with Crippen molar-refractivity contribution in [3.05, 3.63) is 76.4 Å².